The molecular weight excluding hydrogens is 327 g/mol. The first-order valence-corrected chi connectivity index (χ1v) is 8.96. The Morgan fingerprint density at radius 2 is 1.24 bits per heavy atom. The van der Waals surface area contributed by atoms with Gasteiger partial charge in [-0.2, -0.15) is 0 Å². The second kappa shape index (κ2) is 9.05. The lowest BCUT2D eigenvalue weighted by molar-refractivity contribution is 0.562. The molecule has 0 aromatic heterocycles. The van der Waals surface area contributed by atoms with Crippen molar-refractivity contribution in [1.29, 1.82) is 0 Å². The van der Waals surface area contributed by atoms with E-state index in [0.29, 0.717) is 6.03 Å². The van der Waals surface area contributed by atoms with Crippen molar-refractivity contribution in [2.45, 2.75) is 20.8 Å². The van der Waals surface area contributed by atoms with Crippen LogP contribution in [0.5, 0.6) is 0 Å². The van der Waals surface area contributed by atoms with Crippen LogP contribution in [0.25, 0.3) is 22.3 Å². The smallest absolute Gasteiger partial charge is 0.228 e. The van der Waals surface area contributed by atoms with Crippen LogP contribution in [0.15, 0.2) is 66.7 Å². The second-order valence-electron chi connectivity index (χ2n) is 5.81. The molecule has 25 heavy (non-hydrogen) atoms. The van der Waals surface area contributed by atoms with Crippen LogP contribution in [0.2, 0.25) is 0 Å². The average Bonchev–Trinajstić information content (AvgIpc) is 2.67. The predicted octanol–water partition coefficient (Wildman–Crippen LogP) is 6.41. The third-order valence-electron chi connectivity index (χ3n) is 4.35. The first-order valence-electron chi connectivity index (χ1n) is 8.08. The SMILES string of the molecule is Cc1cc(-c2ccccc2)c(-c2ccccc2)c(C)c1C.O=CP=O. The molecule has 3 rings (SSSR count). The van der Waals surface area contributed by atoms with E-state index in [2.05, 4.69) is 87.5 Å². The van der Waals surface area contributed by atoms with E-state index in [0.717, 1.165) is 0 Å². The first kappa shape index (κ1) is 18.8. The molecule has 0 atom stereocenters. The van der Waals surface area contributed by atoms with E-state index >= 15 is 0 Å². The van der Waals surface area contributed by atoms with Gasteiger partial charge in [-0.3, -0.25) is 9.36 Å². The van der Waals surface area contributed by atoms with Gasteiger partial charge in [-0.05, 0) is 59.7 Å². The summed E-state index contributed by atoms with van der Waals surface area (Å²) in [6.45, 7) is 6.65. The van der Waals surface area contributed by atoms with E-state index in [-0.39, 0.29) is 0 Å². The van der Waals surface area contributed by atoms with Gasteiger partial charge >= 0.3 is 0 Å². The Labute approximate surface area is 150 Å². The molecule has 3 heteroatoms. The maximum Gasteiger partial charge on any atom is 0.228 e. The molecule has 0 bridgehead atoms. The van der Waals surface area contributed by atoms with Gasteiger partial charge in [0.25, 0.3) is 0 Å². The number of benzene rings is 3. The maximum absolute atomic E-state index is 8.90. The van der Waals surface area contributed by atoms with Crippen LogP contribution in [0.3, 0.4) is 0 Å². The monoisotopic (exact) mass is 348 g/mol. The Balaban J connectivity index is 0.000000511. The fraction of sp³-hybridized carbons (Fsp3) is 0.136. The van der Waals surface area contributed by atoms with Crippen molar-refractivity contribution in [2.75, 3.05) is 0 Å². The molecule has 0 fully saturated rings. The Morgan fingerprint density at radius 1 is 0.760 bits per heavy atom. The minimum Gasteiger partial charge on any atom is -0.290 e. The number of hydrogen-bond donors (Lipinski definition) is 0. The van der Waals surface area contributed by atoms with Gasteiger partial charge in [-0.1, -0.05) is 66.7 Å². The van der Waals surface area contributed by atoms with Crippen LogP contribution in [-0.4, -0.2) is 6.03 Å². The second-order valence-corrected chi connectivity index (χ2v) is 6.23. The minimum atomic E-state index is -0.432. The molecule has 0 aliphatic carbocycles. The summed E-state index contributed by atoms with van der Waals surface area (Å²) in [5.74, 6) is 0. The third kappa shape index (κ3) is 4.49. The zero-order chi connectivity index (χ0) is 18.2. The van der Waals surface area contributed by atoms with Gasteiger partial charge in [0.1, 0.15) is 0 Å². The molecule has 0 aliphatic rings. The summed E-state index contributed by atoms with van der Waals surface area (Å²) in [6.07, 6.45) is 0. The average molecular weight is 348 g/mol. The number of hydrogen-bond acceptors (Lipinski definition) is 2. The Bertz CT molecular complexity index is 850. The summed E-state index contributed by atoms with van der Waals surface area (Å²) in [7, 11) is -0.432. The summed E-state index contributed by atoms with van der Waals surface area (Å²) in [5.41, 5.74) is 9.35. The van der Waals surface area contributed by atoms with Crippen LogP contribution in [0, 0.1) is 20.8 Å². The number of carbonyl (C=O) groups is 1. The van der Waals surface area contributed by atoms with E-state index in [1.54, 1.807) is 0 Å². The van der Waals surface area contributed by atoms with Crippen LogP contribution in [-0.2, 0) is 9.36 Å². The van der Waals surface area contributed by atoms with Crippen molar-refractivity contribution in [3.05, 3.63) is 83.4 Å². The molecule has 0 saturated carbocycles. The molecule has 0 unspecified atom stereocenters. The Morgan fingerprint density at radius 3 is 1.72 bits per heavy atom. The van der Waals surface area contributed by atoms with Crippen LogP contribution in [0.4, 0.5) is 0 Å². The fourth-order valence-electron chi connectivity index (χ4n) is 2.90. The summed E-state index contributed by atoms with van der Waals surface area (Å²) < 4.78 is 8.90. The molecule has 0 amide bonds. The van der Waals surface area contributed by atoms with E-state index in [1.807, 2.05) is 0 Å². The van der Waals surface area contributed by atoms with Gasteiger partial charge in [0.05, 0.1) is 0 Å². The van der Waals surface area contributed by atoms with Gasteiger partial charge in [0, 0.05) is 0 Å². The summed E-state index contributed by atoms with van der Waals surface area (Å²) >= 11 is 0. The quantitative estimate of drug-likeness (QED) is 0.404. The lowest BCUT2D eigenvalue weighted by Gasteiger charge is -2.18. The van der Waals surface area contributed by atoms with E-state index in [9.17, 15) is 0 Å². The van der Waals surface area contributed by atoms with Crippen molar-refractivity contribution in [2.24, 2.45) is 0 Å². The first-order chi connectivity index (χ1) is 12.1. The summed E-state index contributed by atoms with van der Waals surface area (Å²) in [4.78, 5) is 8.85. The van der Waals surface area contributed by atoms with Gasteiger partial charge in [0.2, 0.25) is 14.5 Å². The van der Waals surface area contributed by atoms with Crippen molar-refractivity contribution in [3.63, 3.8) is 0 Å². The summed E-state index contributed by atoms with van der Waals surface area (Å²) in [5, 5.41) is 0. The molecule has 0 radical (unpaired) electrons. The minimum absolute atomic E-state index is 0.292. The van der Waals surface area contributed by atoms with Crippen LogP contribution < -0.4 is 0 Å². The molecule has 0 saturated heterocycles. The van der Waals surface area contributed by atoms with Crippen molar-refractivity contribution in [3.8, 4) is 22.3 Å². The molecule has 0 heterocycles. The van der Waals surface area contributed by atoms with Crippen molar-refractivity contribution < 1.29 is 9.36 Å². The molecule has 2 nitrogen and oxygen atoms in total. The largest absolute Gasteiger partial charge is 0.290 e. The van der Waals surface area contributed by atoms with Gasteiger partial charge in [-0.25, -0.2) is 0 Å². The van der Waals surface area contributed by atoms with Crippen LogP contribution in [0.1, 0.15) is 16.7 Å². The Hall–Kier alpha value is -2.57. The molecule has 0 N–H and O–H groups in total. The Kier molecular flexibility index (Phi) is 6.80. The highest BCUT2D eigenvalue weighted by atomic mass is 31.1. The lowest BCUT2D eigenvalue weighted by Crippen LogP contribution is -1.95. The third-order valence-corrected chi connectivity index (χ3v) is 4.44. The van der Waals surface area contributed by atoms with Gasteiger partial charge < -0.3 is 0 Å². The molecule has 3 aromatic carbocycles. The van der Waals surface area contributed by atoms with E-state index in [4.69, 9.17) is 9.36 Å². The topological polar surface area (TPSA) is 34.1 Å². The normalized spacial score (nSPS) is 10.0. The molecule has 0 spiro atoms. The highest BCUT2D eigenvalue weighted by Gasteiger charge is 2.13. The highest BCUT2D eigenvalue weighted by Crippen LogP contribution is 2.37. The zero-order valence-corrected chi connectivity index (χ0v) is 15.6. The maximum atomic E-state index is 8.90. The standard InChI is InChI=1S/C21H20.CHO2P/c1-15-14-20(18-10-6-4-7-11-18)21(17(3)16(15)2)19-12-8-5-9-13-19;2-1-4-3/h4-14H,1-3H3;1H. The van der Waals surface area contributed by atoms with Crippen molar-refractivity contribution in [1.82, 2.24) is 0 Å². The van der Waals surface area contributed by atoms with Crippen LogP contribution >= 0.6 is 8.46 Å². The molecule has 0 aliphatic heterocycles. The van der Waals surface area contributed by atoms with Crippen molar-refractivity contribution >= 4 is 14.5 Å². The van der Waals surface area contributed by atoms with E-state index in [1.165, 1.54) is 38.9 Å². The van der Waals surface area contributed by atoms with Gasteiger partial charge in [-0.15, -0.1) is 0 Å². The molecule has 3 aromatic rings. The van der Waals surface area contributed by atoms with Gasteiger partial charge in [0.15, 0.2) is 0 Å². The molecule has 126 valence electrons. The fourth-order valence-corrected chi connectivity index (χ4v) is 2.90. The summed E-state index contributed by atoms with van der Waals surface area (Å²) in [6, 6.07) is 24.0. The lowest BCUT2D eigenvalue weighted by atomic mass is 9.86. The highest BCUT2D eigenvalue weighted by molar-refractivity contribution is 7.42. The zero-order valence-electron chi connectivity index (χ0n) is 14.7. The number of rotatable bonds is 3. The predicted molar refractivity (Wildman–Crippen MR) is 106 cm³/mol. The molecular formula is C22H21O2P. The number of carbonyl (C=O) groups excluding carboxylic acids is 1. The number of aryl methyl sites for hydroxylation is 1. The van der Waals surface area contributed by atoms with E-state index < -0.39 is 8.46 Å².